The molecular formula is C44H26N4O. The van der Waals surface area contributed by atoms with Crippen molar-refractivity contribution in [3.05, 3.63) is 158 Å². The zero-order valence-electron chi connectivity index (χ0n) is 26.2. The summed E-state index contributed by atoms with van der Waals surface area (Å²) in [6.07, 6.45) is 1.83. The molecule has 0 radical (unpaired) electrons. The summed E-state index contributed by atoms with van der Waals surface area (Å²) in [7, 11) is 0. The highest BCUT2D eigenvalue weighted by atomic mass is 16.3. The maximum Gasteiger partial charge on any atom is 0.164 e. The Morgan fingerprint density at radius 3 is 1.98 bits per heavy atom. The fraction of sp³-hybridized carbons (Fsp3) is 0. The fourth-order valence-corrected chi connectivity index (χ4v) is 7.02. The molecule has 10 rings (SSSR count). The second-order valence-electron chi connectivity index (χ2n) is 12.3. The summed E-state index contributed by atoms with van der Waals surface area (Å²) in [5.74, 6) is 1.90. The van der Waals surface area contributed by atoms with Crippen molar-refractivity contribution in [2.24, 2.45) is 0 Å². The largest absolute Gasteiger partial charge is 0.456 e. The molecule has 0 atom stereocenters. The van der Waals surface area contributed by atoms with Crippen molar-refractivity contribution in [2.75, 3.05) is 0 Å². The van der Waals surface area contributed by atoms with Crippen LogP contribution in [0.3, 0.4) is 0 Å². The van der Waals surface area contributed by atoms with Crippen molar-refractivity contribution >= 4 is 54.4 Å². The van der Waals surface area contributed by atoms with Crippen LogP contribution in [-0.4, -0.2) is 19.9 Å². The minimum absolute atomic E-state index is 0.629. The van der Waals surface area contributed by atoms with Gasteiger partial charge in [-0.2, -0.15) is 0 Å². The highest BCUT2D eigenvalue weighted by Crippen LogP contribution is 2.42. The second kappa shape index (κ2) is 10.9. The molecule has 0 spiro atoms. The van der Waals surface area contributed by atoms with Crippen molar-refractivity contribution in [1.29, 1.82) is 0 Å². The van der Waals surface area contributed by atoms with Gasteiger partial charge in [-0.15, -0.1) is 0 Å². The number of hydrogen-bond donors (Lipinski definition) is 0. The van der Waals surface area contributed by atoms with Crippen LogP contribution in [0.5, 0.6) is 0 Å². The van der Waals surface area contributed by atoms with Gasteiger partial charge in [-0.05, 0) is 69.1 Å². The van der Waals surface area contributed by atoms with E-state index in [9.17, 15) is 0 Å². The van der Waals surface area contributed by atoms with Gasteiger partial charge in [0.05, 0.1) is 5.52 Å². The van der Waals surface area contributed by atoms with Crippen LogP contribution >= 0.6 is 0 Å². The van der Waals surface area contributed by atoms with Crippen LogP contribution in [0.2, 0.25) is 0 Å². The summed E-state index contributed by atoms with van der Waals surface area (Å²) in [5, 5.41) is 7.67. The topological polar surface area (TPSA) is 64.7 Å². The van der Waals surface area contributed by atoms with Gasteiger partial charge >= 0.3 is 0 Å². The van der Waals surface area contributed by atoms with Crippen LogP contribution in [0, 0.1) is 0 Å². The van der Waals surface area contributed by atoms with E-state index in [0.29, 0.717) is 17.5 Å². The molecule has 0 saturated carbocycles. The summed E-state index contributed by atoms with van der Waals surface area (Å²) in [6.45, 7) is 0. The number of hydrogen-bond acceptors (Lipinski definition) is 5. The van der Waals surface area contributed by atoms with Crippen LogP contribution in [-0.2, 0) is 0 Å². The fourth-order valence-electron chi connectivity index (χ4n) is 7.02. The summed E-state index contributed by atoms with van der Waals surface area (Å²) >= 11 is 0. The molecule has 0 saturated heterocycles. The van der Waals surface area contributed by atoms with Gasteiger partial charge in [0.25, 0.3) is 0 Å². The minimum atomic E-state index is 0.629. The van der Waals surface area contributed by atoms with Crippen LogP contribution in [0.25, 0.3) is 99.7 Å². The predicted molar refractivity (Wildman–Crippen MR) is 199 cm³/mol. The normalized spacial score (nSPS) is 11.7. The summed E-state index contributed by atoms with van der Waals surface area (Å²) in [4.78, 5) is 19.8. The van der Waals surface area contributed by atoms with Crippen LogP contribution < -0.4 is 0 Å². The number of furan rings is 1. The Labute approximate surface area is 281 Å². The number of benzene rings is 7. The van der Waals surface area contributed by atoms with Crippen molar-refractivity contribution in [1.82, 2.24) is 19.9 Å². The van der Waals surface area contributed by atoms with Crippen molar-refractivity contribution in [3.63, 3.8) is 0 Å². The van der Waals surface area contributed by atoms with E-state index in [1.165, 1.54) is 5.39 Å². The van der Waals surface area contributed by atoms with E-state index in [-0.39, 0.29) is 0 Å². The number of fused-ring (bicyclic) bond motifs is 6. The first-order chi connectivity index (χ1) is 24.3. The SMILES string of the molecule is c1ccc(-c2nc(-c3ccc4ccccc4c3)nc(-c3ccc(-c4cccc5oc6cc7cccnc7cc6c45)c4ccccc34)n2)cc1. The third kappa shape index (κ3) is 4.55. The molecule has 49 heavy (non-hydrogen) atoms. The Bertz CT molecular complexity index is 2890. The first kappa shape index (κ1) is 27.4. The molecule has 7 aromatic carbocycles. The van der Waals surface area contributed by atoms with Gasteiger partial charge in [0.15, 0.2) is 17.5 Å². The van der Waals surface area contributed by atoms with E-state index in [2.05, 4.69) is 114 Å². The number of aromatic nitrogens is 4. The molecular weight excluding hydrogens is 601 g/mol. The van der Waals surface area contributed by atoms with Crippen molar-refractivity contribution < 1.29 is 4.42 Å². The van der Waals surface area contributed by atoms with E-state index in [4.69, 9.17) is 19.4 Å². The molecule has 228 valence electrons. The Kier molecular flexibility index (Phi) is 6.11. The summed E-state index contributed by atoms with van der Waals surface area (Å²) in [5.41, 5.74) is 7.69. The third-order valence-electron chi connectivity index (χ3n) is 9.35. The van der Waals surface area contributed by atoms with Crippen LogP contribution in [0.1, 0.15) is 0 Å². The number of nitrogens with zero attached hydrogens (tertiary/aromatic N) is 4. The van der Waals surface area contributed by atoms with E-state index < -0.39 is 0 Å². The molecule has 0 fully saturated rings. The van der Waals surface area contributed by atoms with Crippen LogP contribution in [0.15, 0.2) is 162 Å². The molecule has 3 aromatic heterocycles. The minimum Gasteiger partial charge on any atom is -0.456 e. The molecule has 0 bridgehead atoms. The van der Waals surface area contributed by atoms with Gasteiger partial charge in [-0.1, -0.05) is 115 Å². The Balaban J connectivity index is 1.19. The van der Waals surface area contributed by atoms with Crippen LogP contribution in [0.4, 0.5) is 0 Å². The van der Waals surface area contributed by atoms with E-state index in [0.717, 1.165) is 76.8 Å². The third-order valence-corrected chi connectivity index (χ3v) is 9.35. The highest BCUT2D eigenvalue weighted by Gasteiger charge is 2.19. The summed E-state index contributed by atoms with van der Waals surface area (Å²) < 4.78 is 6.41. The molecule has 5 nitrogen and oxygen atoms in total. The lowest BCUT2D eigenvalue weighted by molar-refractivity contribution is 0.669. The molecule has 0 unspecified atom stereocenters. The Morgan fingerprint density at radius 1 is 0.388 bits per heavy atom. The van der Waals surface area contributed by atoms with Gasteiger partial charge in [0.2, 0.25) is 0 Å². The molecule has 10 aromatic rings. The molecule has 5 heteroatoms. The monoisotopic (exact) mass is 626 g/mol. The quantitative estimate of drug-likeness (QED) is 0.194. The molecule has 0 aliphatic rings. The lowest BCUT2D eigenvalue weighted by Crippen LogP contribution is -2.00. The lowest BCUT2D eigenvalue weighted by Gasteiger charge is -2.14. The zero-order valence-corrected chi connectivity index (χ0v) is 26.2. The highest BCUT2D eigenvalue weighted by molar-refractivity contribution is 6.18. The maximum absolute atomic E-state index is 6.41. The standard InChI is InChI=1S/C44H26N4O/c1-2-11-28(12-3-1)42-46-43(31-20-19-27-10-4-5-13-29(27)24-31)48-44(47-42)36-22-21-34(32-15-6-7-16-33(32)36)35-17-8-18-39-41(35)37-26-38-30(14-9-23-45-38)25-40(37)49-39/h1-26H. The average molecular weight is 627 g/mol. The molecule has 3 heterocycles. The summed E-state index contributed by atoms with van der Waals surface area (Å²) in [6, 6.07) is 52.2. The van der Waals surface area contributed by atoms with Gasteiger partial charge in [0, 0.05) is 39.0 Å². The molecule has 0 N–H and O–H groups in total. The lowest BCUT2D eigenvalue weighted by atomic mass is 9.92. The number of pyridine rings is 1. The predicted octanol–water partition coefficient (Wildman–Crippen LogP) is 11.3. The van der Waals surface area contributed by atoms with Gasteiger partial charge in [-0.25, -0.2) is 15.0 Å². The maximum atomic E-state index is 6.41. The molecule has 0 aliphatic heterocycles. The smallest absolute Gasteiger partial charge is 0.164 e. The second-order valence-corrected chi connectivity index (χ2v) is 12.3. The van der Waals surface area contributed by atoms with E-state index >= 15 is 0 Å². The van der Waals surface area contributed by atoms with E-state index in [1.54, 1.807) is 0 Å². The first-order valence-corrected chi connectivity index (χ1v) is 16.3. The molecule has 0 aliphatic carbocycles. The van der Waals surface area contributed by atoms with E-state index in [1.807, 2.05) is 48.7 Å². The molecule has 0 amide bonds. The number of rotatable bonds is 4. The van der Waals surface area contributed by atoms with Gasteiger partial charge in [0.1, 0.15) is 11.2 Å². The average Bonchev–Trinajstić information content (AvgIpc) is 3.54. The zero-order chi connectivity index (χ0) is 32.3. The van der Waals surface area contributed by atoms with Gasteiger partial charge in [-0.3, -0.25) is 4.98 Å². The van der Waals surface area contributed by atoms with Crippen molar-refractivity contribution in [3.8, 4) is 45.3 Å². The van der Waals surface area contributed by atoms with Crippen molar-refractivity contribution in [2.45, 2.75) is 0 Å². The Morgan fingerprint density at radius 2 is 1.10 bits per heavy atom. The van der Waals surface area contributed by atoms with Gasteiger partial charge < -0.3 is 4.42 Å². The Hall–Kier alpha value is -6.72. The first-order valence-electron chi connectivity index (χ1n) is 16.3.